The molecule has 0 saturated carbocycles. The van der Waals surface area contributed by atoms with Gasteiger partial charge in [-0.25, -0.2) is 4.79 Å². The first-order valence-corrected chi connectivity index (χ1v) is 10.8. The number of alkyl carbamates (subject to hydrolysis) is 1. The summed E-state index contributed by atoms with van der Waals surface area (Å²) in [6, 6.07) is 6.93. The smallest absolute Gasteiger partial charge is 0.408 e. The zero-order valence-electron chi connectivity index (χ0n) is 19.4. The summed E-state index contributed by atoms with van der Waals surface area (Å²) in [6.07, 6.45) is 3.47. The maximum Gasteiger partial charge on any atom is 0.408 e. The molecule has 0 unspecified atom stereocenters. The Labute approximate surface area is 185 Å². The first-order valence-electron chi connectivity index (χ1n) is 10.8. The summed E-state index contributed by atoms with van der Waals surface area (Å²) in [5, 5.41) is 5.48. The highest BCUT2D eigenvalue weighted by Gasteiger charge is 2.25. The van der Waals surface area contributed by atoms with Gasteiger partial charge in [0.15, 0.2) is 0 Å². The van der Waals surface area contributed by atoms with Gasteiger partial charge < -0.3 is 20.3 Å². The average molecular weight is 430 g/mol. The SMILES string of the molecule is CC[C@H](C)[C@@H](/C=C/C(=O)N1Cc2ccccc2C1)NC(=O)[C@H](C)NC(=O)OC(C)(C)C. The maximum absolute atomic E-state index is 12.7. The van der Waals surface area contributed by atoms with Crippen molar-refractivity contribution in [2.75, 3.05) is 0 Å². The molecule has 7 heteroatoms. The van der Waals surface area contributed by atoms with Crippen molar-refractivity contribution in [3.8, 4) is 0 Å². The van der Waals surface area contributed by atoms with Crippen LogP contribution in [-0.4, -0.2) is 40.5 Å². The molecule has 1 aromatic carbocycles. The summed E-state index contributed by atoms with van der Waals surface area (Å²) in [4.78, 5) is 39.0. The Balaban J connectivity index is 1.96. The molecule has 0 spiro atoms. The Morgan fingerprint density at radius 2 is 1.68 bits per heavy atom. The van der Waals surface area contributed by atoms with Crippen LogP contribution in [0.5, 0.6) is 0 Å². The molecule has 1 aliphatic heterocycles. The van der Waals surface area contributed by atoms with Crippen molar-refractivity contribution in [2.24, 2.45) is 5.92 Å². The van der Waals surface area contributed by atoms with E-state index in [2.05, 4.69) is 10.6 Å². The number of fused-ring (bicyclic) bond motifs is 1. The van der Waals surface area contributed by atoms with Crippen LogP contribution in [0.2, 0.25) is 0 Å². The minimum absolute atomic E-state index is 0.0846. The quantitative estimate of drug-likeness (QED) is 0.649. The van der Waals surface area contributed by atoms with Gasteiger partial charge in [-0.05, 0) is 44.7 Å². The fourth-order valence-electron chi connectivity index (χ4n) is 3.25. The fourth-order valence-corrected chi connectivity index (χ4v) is 3.25. The third-order valence-electron chi connectivity index (χ3n) is 5.29. The number of nitrogens with zero attached hydrogens (tertiary/aromatic N) is 1. The number of nitrogens with one attached hydrogen (secondary N) is 2. The van der Waals surface area contributed by atoms with Gasteiger partial charge in [-0.3, -0.25) is 9.59 Å². The summed E-state index contributed by atoms with van der Waals surface area (Å²) in [5.74, 6) is -0.294. The van der Waals surface area contributed by atoms with Gasteiger partial charge in [0.1, 0.15) is 11.6 Å². The van der Waals surface area contributed by atoms with Crippen LogP contribution in [0.15, 0.2) is 36.4 Å². The lowest BCUT2D eigenvalue weighted by atomic mass is 9.98. The molecule has 3 amide bonds. The second-order valence-corrected chi connectivity index (χ2v) is 9.11. The van der Waals surface area contributed by atoms with Gasteiger partial charge in [0.25, 0.3) is 0 Å². The van der Waals surface area contributed by atoms with Crippen LogP contribution in [0.3, 0.4) is 0 Å². The first kappa shape index (κ1) is 24.4. The molecule has 1 aromatic rings. The molecule has 3 atom stereocenters. The predicted octanol–water partition coefficient (Wildman–Crippen LogP) is 3.53. The number of rotatable bonds is 7. The van der Waals surface area contributed by atoms with Crippen LogP contribution in [-0.2, 0) is 27.4 Å². The van der Waals surface area contributed by atoms with Crippen molar-refractivity contribution in [3.05, 3.63) is 47.5 Å². The monoisotopic (exact) mass is 429 g/mol. The summed E-state index contributed by atoms with van der Waals surface area (Å²) in [6.45, 7) is 12.1. The van der Waals surface area contributed by atoms with Crippen molar-refractivity contribution in [3.63, 3.8) is 0 Å². The lowest BCUT2D eigenvalue weighted by molar-refractivity contribution is -0.127. The van der Waals surface area contributed by atoms with E-state index in [9.17, 15) is 14.4 Å². The Hall–Kier alpha value is -2.83. The molecule has 0 fully saturated rings. The number of benzene rings is 1. The molecule has 0 radical (unpaired) electrons. The largest absolute Gasteiger partial charge is 0.444 e. The van der Waals surface area contributed by atoms with E-state index in [1.54, 1.807) is 38.7 Å². The Morgan fingerprint density at radius 1 is 1.10 bits per heavy atom. The molecule has 2 N–H and O–H groups in total. The number of carbonyl (C=O) groups excluding carboxylic acids is 3. The van der Waals surface area contributed by atoms with Crippen LogP contribution in [0.4, 0.5) is 4.79 Å². The van der Waals surface area contributed by atoms with Crippen LogP contribution < -0.4 is 10.6 Å². The molecule has 0 saturated heterocycles. The minimum Gasteiger partial charge on any atom is -0.444 e. The highest BCUT2D eigenvalue weighted by Crippen LogP contribution is 2.22. The summed E-state index contributed by atoms with van der Waals surface area (Å²) in [7, 11) is 0. The molecular weight excluding hydrogens is 394 g/mol. The summed E-state index contributed by atoms with van der Waals surface area (Å²) >= 11 is 0. The predicted molar refractivity (Wildman–Crippen MR) is 120 cm³/mol. The lowest BCUT2D eigenvalue weighted by Gasteiger charge is -2.25. The van der Waals surface area contributed by atoms with Crippen molar-refractivity contribution in [1.29, 1.82) is 0 Å². The normalized spacial score (nSPS) is 16.4. The van der Waals surface area contributed by atoms with Crippen molar-refractivity contribution in [1.82, 2.24) is 15.5 Å². The summed E-state index contributed by atoms with van der Waals surface area (Å²) < 4.78 is 5.20. The minimum atomic E-state index is -0.765. The third kappa shape index (κ3) is 7.42. The van der Waals surface area contributed by atoms with Gasteiger partial charge >= 0.3 is 6.09 Å². The molecule has 31 heavy (non-hydrogen) atoms. The topological polar surface area (TPSA) is 87.7 Å². The number of hydrogen-bond acceptors (Lipinski definition) is 4. The third-order valence-corrected chi connectivity index (χ3v) is 5.29. The van der Waals surface area contributed by atoms with Crippen LogP contribution in [0.25, 0.3) is 0 Å². The number of carbonyl (C=O) groups is 3. The Bertz CT molecular complexity index is 803. The van der Waals surface area contributed by atoms with Gasteiger partial charge in [-0.1, -0.05) is 50.6 Å². The first-order chi connectivity index (χ1) is 14.5. The second kappa shape index (κ2) is 10.5. The second-order valence-electron chi connectivity index (χ2n) is 9.11. The van der Waals surface area contributed by atoms with Gasteiger partial charge in [-0.2, -0.15) is 0 Å². The van der Waals surface area contributed by atoms with Gasteiger partial charge in [0.05, 0.1) is 6.04 Å². The number of hydrogen-bond donors (Lipinski definition) is 2. The van der Waals surface area contributed by atoms with E-state index in [0.29, 0.717) is 13.1 Å². The highest BCUT2D eigenvalue weighted by atomic mass is 16.6. The van der Waals surface area contributed by atoms with E-state index in [-0.39, 0.29) is 23.8 Å². The van der Waals surface area contributed by atoms with Gasteiger partial charge in [-0.15, -0.1) is 0 Å². The molecule has 1 heterocycles. The molecule has 170 valence electrons. The molecule has 0 aromatic heterocycles. The maximum atomic E-state index is 12.7. The molecule has 0 bridgehead atoms. The highest BCUT2D eigenvalue weighted by molar-refractivity contribution is 5.89. The lowest BCUT2D eigenvalue weighted by Crippen LogP contribution is -2.50. The Morgan fingerprint density at radius 3 is 2.19 bits per heavy atom. The van der Waals surface area contributed by atoms with Crippen molar-refractivity contribution >= 4 is 17.9 Å². The molecule has 1 aliphatic rings. The van der Waals surface area contributed by atoms with E-state index in [1.807, 2.05) is 38.1 Å². The standard InChI is InChI=1S/C24H35N3O4/c1-7-16(2)20(26-22(29)17(3)25-23(30)31-24(4,5)6)12-13-21(28)27-14-18-10-8-9-11-19(18)15-27/h8-13,16-17,20H,7,14-15H2,1-6H3,(H,25,30)(H,26,29)/b13-12+/t16-,17-,20+/m0/s1. The number of ether oxygens (including phenoxy) is 1. The van der Waals surface area contributed by atoms with Gasteiger partial charge in [0.2, 0.25) is 11.8 Å². The zero-order valence-corrected chi connectivity index (χ0v) is 19.4. The van der Waals surface area contributed by atoms with Crippen molar-refractivity contribution in [2.45, 2.75) is 78.7 Å². The van der Waals surface area contributed by atoms with E-state index >= 15 is 0 Å². The molecule has 2 rings (SSSR count). The van der Waals surface area contributed by atoms with Crippen LogP contribution in [0, 0.1) is 5.92 Å². The number of amides is 3. The van der Waals surface area contributed by atoms with E-state index in [0.717, 1.165) is 17.5 Å². The average Bonchev–Trinajstić information content (AvgIpc) is 3.12. The summed E-state index contributed by atoms with van der Waals surface area (Å²) in [5.41, 5.74) is 1.69. The van der Waals surface area contributed by atoms with E-state index < -0.39 is 17.7 Å². The fraction of sp³-hybridized carbons (Fsp3) is 0.542. The van der Waals surface area contributed by atoms with E-state index in [1.165, 1.54) is 6.08 Å². The molecule has 0 aliphatic carbocycles. The van der Waals surface area contributed by atoms with Gasteiger partial charge in [0, 0.05) is 19.2 Å². The molecular formula is C24H35N3O4. The Kier molecular flexibility index (Phi) is 8.25. The van der Waals surface area contributed by atoms with Crippen LogP contribution in [0.1, 0.15) is 59.1 Å². The van der Waals surface area contributed by atoms with Crippen LogP contribution >= 0.6 is 0 Å². The zero-order chi connectivity index (χ0) is 23.2. The van der Waals surface area contributed by atoms with E-state index in [4.69, 9.17) is 4.74 Å². The molecule has 7 nitrogen and oxygen atoms in total. The van der Waals surface area contributed by atoms with Crippen molar-refractivity contribution < 1.29 is 19.1 Å².